The van der Waals surface area contributed by atoms with Gasteiger partial charge < -0.3 is 0 Å². The average molecular weight is 1140 g/mol. The zero-order valence-electron chi connectivity index (χ0n) is 37.7. The zero-order valence-corrected chi connectivity index (χ0v) is 38.5. The first-order chi connectivity index (χ1) is 34.2. The number of Topliss-reactive ketones (excluding diaryl/α,β-unsaturated/α-hetero) is 1. The predicted molar refractivity (Wildman–Crippen MR) is 231 cm³/mol. The summed E-state index contributed by atoms with van der Waals surface area (Å²) in [5.74, 6) is 0.0483. The highest BCUT2D eigenvalue weighted by molar-refractivity contribution is 8.02. The molecule has 2 nitrogen and oxygen atoms in total. The largest absolute Gasteiger partial charge is 0.416 e. The molecule has 0 saturated carbocycles. The smallest absolute Gasteiger partial charge is 0.289 e. The molecule has 0 spiro atoms. The number of ketones is 1. The molecule has 0 bridgehead atoms. The minimum atomic E-state index is -6.13. The van der Waals surface area contributed by atoms with Crippen molar-refractivity contribution in [2.75, 3.05) is 18.3 Å². The Hall–Kier alpha value is -6.48. The van der Waals surface area contributed by atoms with Crippen LogP contribution >= 0.6 is 0 Å². The predicted octanol–water partition coefficient (Wildman–Crippen LogP) is 14.5. The van der Waals surface area contributed by atoms with E-state index in [9.17, 15) is 114 Å². The van der Waals surface area contributed by atoms with Gasteiger partial charge in [0.25, 0.3) is 0 Å². The third-order valence-corrected chi connectivity index (χ3v) is 12.2. The van der Waals surface area contributed by atoms with E-state index in [1.807, 2.05) is 42.5 Å². The van der Waals surface area contributed by atoms with Crippen LogP contribution in [0.15, 0.2) is 127 Å². The molecule has 0 aromatic heterocycles. The SMILES string of the molecule is C[S+](C)(=O)CC(=O)c1ccc(-c2ccccc2)cc1.FC(F)(F)c1cc([B-](c2cc(C(F)(F)F)cc(C(F)(F)F)c2)(c2cc(C(F)(F)F)cc(C(F)(F)F)c2)c2cc(C(F)(F)F)cc(C(F)(F)F)c2)cc(C(F)(F)F)c1. The molecule has 0 N–H and O–H groups in total. The number of hydrogen-bond donors (Lipinski definition) is 0. The van der Waals surface area contributed by atoms with Crippen molar-refractivity contribution < 1.29 is 114 Å². The quantitative estimate of drug-likeness (QED) is 0.0659. The summed E-state index contributed by atoms with van der Waals surface area (Å²) < 4.78 is 352. The summed E-state index contributed by atoms with van der Waals surface area (Å²) in [5.41, 5.74) is -27.4. The number of halogens is 24. The van der Waals surface area contributed by atoms with Gasteiger partial charge in [-0.25, -0.2) is 0 Å². The van der Waals surface area contributed by atoms with E-state index in [0.717, 1.165) is 11.1 Å². The summed E-state index contributed by atoms with van der Waals surface area (Å²) in [4.78, 5) is 11.9. The number of carbonyl (C=O) groups is 1. The van der Waals surface area contributed by atoms with E-state index in [1.54, 1.807) is 24.6 Å². The maximum Gasteiger partial charge on any atom is 0.416 e. The summed E-state index contributed by atoms with van der Waals surface area (Å²) in [6, 6.07) is 8.64. The van der Waals surface area contributed by atoms with Gasteiger partial charge in [0.05, 0.1) is 54.4 Å². The van der Waals surface area contributed by atoms with Gasteiger partial charge in [0.2, 0.25) is 5.78 Å². The van der Waals surface area contributed by atoms with Crippen molar-refractivity contribution in [2.45, 2.75) is 49.4 Å². The van der Waals surface area contributed by atoms with Crippen molar-refractivity contribution in [3.8, 4) is 11.1 Å². The van der Waals surface area contributed by atoms with Crippen LogP contribution in [0.1, 0.15) is 54.9 Å². The van der Waals surface area contributed by atoms with Crippen molar-refractivity contribution >= 4 is 43.7 Å². The third-order valence-electron chi connectivity index (χ3n) is 11.2. The topological polar surface area (TPSA) is 34.1 Å². The van der Waals surface area contributed by atoms with Gasteiger partial charge in [0.1, 0.15) is 18.7 Å². The summed E-state index contributed by atoms with van der Waals surface area (Å²) in [5, 5.41) is 0. The number of hydrogen-bond acceptors (Lipinski definition) is 2. The molecule has 76 heavy (non-hydrogen) atoms. The molecule has 6 aromatic carbocycles. The first kappa shape index (κ1) is 60.4. The van der Waals surface area contributed by atoms with E-state index in [0.29, 0.717) is 5.56 Å². The molecular weight excluding hydrogens is 1110 g/mol. The van der Waals surface area contributed by atoms with Crippen LogP contribution in [0.2, 0.25) is 0 Å². The van der Waals surface area contributed by atoms with Gasteiger partial charge in [-0.1, -0.05) is 103 Å². The van der Waals surface area contributed by atoms with Crippen molar-refractivity contribution in [1.29, 1.82) is 0 Å². The molecule has 0 saturated heterocycles. The second-order valence-electron chi connectivity index (χ2n) is 17.2. The highest BCUT2D eigenvalue weighted by atomic mass is 32.2. The van der Waals surface area contributed by atoms with E-state index in [1.165, 1.54) is 0 Å². The van der Waals surface area contributed by atoms with Crippen LogP contribution in [0.3, 0.4) is 0 Å². The fourth-order valence-electron chi connectivity index (χ4n) is 7.95. The summed E-state index contributed by atoms with van der Waals surface area (Å²) in [6.45, 7) is 0. The standard InChI is InChI=1S/C32H12BF24.C16H17O2S/c34-25(35,36)13-1-14(26(37,38)39)6-21(5-13)33(22-7-15(27(40,41)42)2-16(8-22)28(43,44)45,23-9-17(29(46,47)48)3-18(10-23)30(49,50)51)24-11-19(31(52,53)54)4-20(12-24)32(55,56)57;1-19(2,18)12-16(17)15-10-8-14(9-11-15)13-6-4-3-5-7-13/h1-12H;3-11H,12H2,1-2H3/q-1;+1. The monoisotopic (exact) mass is 1140 g/mol. The van der Waals surface area contributed by atoms with E-state index < -0.39 is 205 Å². The van der Waals surface area contributed by atoms with Gasteiger partial charge in [0.15, 0.2) is 5.75 Å². The molecule has 410 valence electrons. The van der Waals surface area contributed by atoms with Gasteiger partial charge in [-0.3, -0.25) is 4.79 Å². The van der Waals surface area contributed by atoms with Crippen molar-refractivity contribution in [2.24, 2.45) is 0 Å². The molecule has 0 heterocycles. The summed E-state index contributed by atoms with van der Waals surface area (Å²) >= 11 is 0. The van der Waals surface area contributed by atoms with Crippen LogP contribution in [0.5, 0.6) is 0 Å². The number of carbonyl (C=O) groups excluding carboxylic acids is 1. The van der Waals surface area contributed by atoms with Crippen LogP contribution in [0.25, 0.3) is 11.1 Å². The lowest BCUT2D eigenvalue weighted by molar-refractivity contribution is -0.144. The molecule has 0 unspecified atom stereocenters. The Kier molecular flexibility index (Phi) is 16.3. The van der Waals surface area contributed by atoms with Crippen LogP contribution in [0, 0.1) is 0 Å². The molecule has 0 aliphatic carbocycles. The van der Waals surface area contributed by atoms with Crippen molar-refractivity contribution in [1.82, 2.24) is 0 Å². The van der Waals surface area contributed by atoms with Gasteiger partial charge in [0, 0.05) is 5.56 Å². The normalized spacial score (nSPS) is 13.6. The van der Waals surface area contributed by atoms with Crippen LogP contribution in [0.4, 0.5) is 105 Å². The van der Waals surface area contributed by atoms with E-state index >= 15 is 0 Å². The lowest BCUT2D eigenvalue weighted by Crippen LogP contribution is -2.75. The Morgan fingerprint density at radius 3 is 0.750 bits per heavy atom. The Morgan fingerprint density at radius 2 is 0.553 bits per heavy atom. The van der Waals surface area contributed by atoms with Crippen molar-refractivity contribution in [3.05, 3.63) is 177 Å². The van der Waals surface area contributed by atoms with Crippen LogP contribution in [-0.4, -0.2) is 30.2 Å². The third kappa shape index (κ3) is 14.3. The molecule has 0 amide bonds. The highest BCUT2D eigenvalue weighted by Gasteiger charge is 2.47. The van der Waals surface area contributed by atoms with Crippen molar-refractivity contribution in [3.63, 3.8) is 0 Å². The molecule has 28 heteroatoms. The molecule has 0 aliphatic heterocycles. The van der Waals surface area contributed by atoms with Gasteiger partial charge in [-0.15, -0.1) is 4.21 Å². The Labute approximate surface area is 413 Å². The number of benzene rings is 6. The minimum absolute atomic E-state index is 0.0605. The van der Waals surface area contributed by atoms with Gasteiger partial charge >= 0.3 is 49.4 Å². The maximum atomic E-state index is 14.2. The lowest BCUT2D eigenvalue weighted by atomic mass is 9.12. The van der Waals surface area contributed by atoms with Gasteiger partial charge in [-0.05, 0) is 35.4 Å². The maximum absolute atomic E-state index is 14.2. The Morgan fingerprint density at radius 1 is 0.342 bits per heavy atom. The summed E-state index contributed by atoms with van der Waals surface area (Å²) in [6.07, 6.45) is -51.6. The van der Waals surface area contributed by atoms with E-state index in [2.05, 4.69) is 0 Å². The molecule has 0 atom stereocenters. The molecule has 0 aliphatic rings. The molecule has 0 fully saturated rings. The Balaban J connectivity index is 0.000000468. The Bertz CT molecular complexity index is 2680. The van der Waals surface area contributed by atoms with Gasteiger partial charge in [-0.2, -0.15) is 127 Å². The first-order valence-electron chi connectivity index (χ1n) is 20.7. The fourth-order valence-corrected chi connectivity index (χ4v) is 8.75. The lowest BCUT2D eigenvalue weighted by Gasteiger charge is -2.46. The average Bonchev–Trinajstić information content (AvgIpc) is 3.26. The second kappa shape index (κ2) is 20.5. The van der Waals surface area contributed by atoms with E-state index in [4.69, 9.17) is 0 Å². The molecule has 6 aromatic rings. The zero-order chi connectivity index (χ0) is 57.8. The fraction of sp³-hybridized carbons (Fsp3) is 0.229. The first-order valence-corrected chi connectivity index (χ1v) is 23.2. The van der Waals surface area contributed by atoms with E-state index in [-0.39, 0.29) is 11.5 Å². The highest BCUT2D eigenvalue weighted by Crippen LogP contribution is 2.41. The second-order valence-corrected chi connectivity index (χ2v) is 20.3. The molecule has 6 rings (SSSR count). The van der Waals surface area contributed by atoms with Crippen LogP contribution < -0.4 is 21.9 Å². The number of alkyl halides is 24. The minimum Gasteiger partial charge on any atom is -0.289 e. The molecule has 0 radical (unpaired) electrons. The molecular formula is C48H29BF24O2S. The summed E-state index contributed by atoms with van der Waals surface area (Å²) in [7, 11) is -2.03. The number of rotatable bonds is 8. The van der Waals surface area contributed by atoms with Crippen LogP contribution in [-0.2, 0) is 63.6 Å².